The van der Waals surface area contributed by atoms with Crippen molar-refractivity contribution in [2.75, 3.05) is 13.1 Å². The summed E-state index contributed by atoms with van der Waals surface area (Å²) in [5.41, 5.74) is 3.33. The molecule has 1 aromatic heterocycles. The number of likely N-dealkylation sites (tertiary alicyclic amines) is 1. The molecule has 0 spiro atoms. The van der Waals surface area contributed by atoms with Crippen LogP contribution in [0.4, 0.5) is 0 Å². The molecular weight excluding hydrogens is 354 g/mol. The van der Waals surface area contributed by atoms with Gasteiger partial charge in [0.1, 0.15) is 0 Å². The first-order valence-corrected chi connectivity index (χ1v) is 10.3. The van der Waals surface area contributed by atoms with Gasteiger partial charge in [-0.2, -0.15) is 0 Å². The van der Waals surface area contributed by atoms with Crippen molar-refractivity contribution in [3.8, 4) is 11.1 Å². The fraction of sp³-hybridized carbons (Fsp3) is 0.261. The van der Waals surface area contributed by atoms with Crippen molar-refractivity contribution in [1.82, 2.24) is 4.90 Å². The maximum absolute atomic E-state index is 13.0. The van der Waals surface area contributed by atoms with E-state index in [2.05, 4.69) is 24.3 Å². The summed E-state index contributed by atoms with van der Waals surface area (Å²) in [4.78, 5) is 15.8. The lowest BCUT2D eigenvalue weighted by molar-refractivity contribution is -0.000253. The van der Waals surface area contributed by atoms with Crippen molar-refractivity contribution in [1.29, 1.82) is 0 Å². The zero-order valence-corrected chi connectivity index (χ0v) is 16.0. The van der Waals surface area contributed by atoms with Crippen LogP contribution in [0.5, 0.6) is 0 Å². The Bertz CT molecular complexity index is 868. The molecule has 0 saturated carbocycles. The van der Waals surface area contributed by atoms with Gasteiger partial charge in [-0.15, -0.1) is 11.3 Å². The molecule has 0 unspecified atom stereocenters. The number of hydrogen-bond acceptors (Lipinski definition) is 3. The Morgan fingerprint density at radius 3 is 2.33 bits per heavy atom. The topological polar surface area (TPSA) is 29.5 Å². The second-order valence-corrected chi connectivity index (χ2v) is 7.73. The minimum atomic E-state index is 0.144. The highest BCUT2D eigenvalue weighted by atomic mass is 32.1. The van der Waals surface area contributed by atoms with Crippen LogP contribution in [0.15, 0.2) is 72.1 Å². The lowest BCUT2D eigenvalue weighted by Gasteiger charge is -2.32. The number of carbonyl (C=O) groups is 1. The molecule has 0 bridgehead atoms. The smallest absolute Gasteiger partial charge is 0.264 e. The van der Waals surface area contributed by atoms with Crippen LogP contribution in [0.1, 0.15) is 28.1 Å². The normalized spacial score (nSPS) is 15.0. The van der Waals surface area contributed by atoms with Crippen molar-refractivity contribution in [2.45, 2.75) is 25.6 Å². The van der Waals surface area contributed by atoms with Crippen LogP contribution in [0.25, 0.3) is 11.1 Å². The van der Waals surface area contributed by atoms with Gasteiger partial charge in [0.25, 0.3) is 5.91 Å². The van der Waals surface area contributed by atoms with Crippen LogP contribution in [0.2, 0.25) is 0 Å². The van der Waals surface area contributed by atoms with Crippen LogP contribution < -0.4 is 0 Å². The summed E-state index contributed by atoms with van der Waals surface area (Å²) in [6.07, 6.45) is 2.01. The van der Waals surface area contributed by atoms with E-state index in [1.165, 1.54) is 16.9 Å². The quantitative estimate of drug-likeness (QED) is 0.609. The van der Waals surface area contributed by atoms with Crippen molar-refractivity contribution in [2.24, 2.45) is 0 Å². The first kappa shape index (κ1) is 18.0. The maximum Gasteiger partial charge on any atom is 0.264 e. The third-order valence-electron chi connectivity index (χ3n) is 5.00. The molecule has 1 aliphatic rings. The second-order valence-electron chi connectivity index (χ2n) is 6.82. The van der Waals surface area contributed by atoms with Gasteiger partial charge in [0.2, 0.25) is 0 Å². The molecule has 4 rings (SSSR count). The summed E-state index contributed by atoms with van der Waals surface area (Å²) < 4.78 is 6.05. The Morgan fingerprint density at radius 2 is 1.63 bits per heavy atom. The Hall–Kier alpha value is -2.43. The lowest BCUT2D eigenvalue weighted by Crippen LogP contribution is -2.40. The number of thiophene rings is 1. The van der Waals surface area contributed by atoms with Gasteiger partial charge in [0.05, 0.1) is 17.6 Å². The Balaban J connectivity index is 1.35. The first-order valence-electron chi connectivity index (χ1n) is 9.39. The minimum Gasteiger partial charge on any atom is -0.373 e. The molecule has 1 amide bonds. The minimum absolute atomic E-state index is 0.144. The molecule has 3 aromatic rings. The number of carbonyl (C=O) groups excluding carboxylic acids is 1. The Morgan fingerprint density at radius 1 is 0.963 bits per heavy atom. The summed E-state index contributed by atoms with van der Waals surface area (Å²) in [5, 5.41) is 2.01. The summed E-state index contributed by atoms with van der Waals surface area (Å²) >= 11 is 1.53. The molecule has 0 atom stereocenters. The SMILES string of the molecule is O=C(c1sccc1-c1ccccc1)N1CCC(OCc2ccccc2)CC1. The van der Waals surface area contributed by atoms with Gasteiger partial charge in [0, 0.05) is 18.7 Å². The van der Waals surface area contributed by atoms with E-state index in [9.17, 15) is 4.79 Å². The van der Waals surface area contributed by atoms with E-state index in [4.69, 9.17) is 4.74 Å². The fourth-order valence-corrected chi connectivity index (χ4v) is 4.36. The van der Waals surface area contributed by atoms with Crippen LogP contribution in [-0.2, 0) is 11.3 Å². The molecule has 1 fully saturated rings. The van der Waals surface area contributed by atoms with Crippen LogP contribution in [0, 0.1) is 0 Å². The Labute approximate surface area is 164 Å². The lowest BCUT2D eigenvalue weighted by atomic mass is 10.0. The van der Waals surface area contributed by atoms with E-state index in [0.717, 1.165) is 41.9 Å². The van der Waals surface area contributed by atoms with Crippen LogP contribution >= 0.6 is 11.3 Å². The summed E-state index contributed by atoms with van der Waals surface area (Å²) in [6, 6.07) is 22.4. The molecule has 2 aromatic carbocycles. The molecule has 27 heavy (non-hydrogen) atoms. The standard InChI is InChI=1S/C23H23NO2S/c25-23(22-21(13-16-27-22)19-9-5-2-6-10-19)24-14-11-20(12-15-24)26-17-18-7-3-1-4-8-18/h1-10,13,16,20H,11-12,14-15,17H2. The second kappa shape index (κ2) is 8.51. The third-order valence-corrected chi connectivity index (χ3v) is 5.90. The number of rotatable bonds is 5. The first-order chi connectivity index (χ1) is 13.3. The molecule has 138 valence electrons. The molecule has 0 aliphatic carbocycles. The molecule has 1 saturated heterocycles. The van der Waals surface area contributed by atoms with E-state index in [1.54, 1.807) is 0 Å². The van der Waals surface area contributed by atoms with Crippen molar-refractivity contribution in [3.05, 3.63) is 82.6 Å². The Kier molecular flexibility index (Phi) is 5.66. The number of hydrogen-bond donors (Lipinski definition) is 0. The summed E-state index contributed by atoms with van der Waals surface area (Å²) in [6.45, 7) is 2.15. The summed E-state index contributed by atoms with van der Waals surface area (Å²) in [7, 11) is 0. The van der Waals surface area contributed by atoms with E-state index in [0.29, 0.717) is 6.61 Å². The highest BCUT2D eigenvalue weighted by Crippen LogP contribution is 2.30. The number of amides is 1. The zero-order valence-electron chi connectivity index (χ0n) is 15.2. The van der Waals surface area contributed by atoms with E-state index >= 15 is 0 Å². The van der Waals surface area contributed by atoms with Gasteiger partial charge in [0.15, 0.2) is 0 Å². The number of ether oxygens (including phenoxy) is 1. The third kappa shape index (κ3) is 4.29. The van der Waals surface area contributed by atoms with Crippen molar-refractivity contribution < 1.29 is 9.53 Å². The van der Waals surface area contributed by atoms with E-state index < -0.39 is 0 Å². The molecule has 2 heterocycles. The monoisotopic (exact) mass is 377 g/mol. The maximum atomic E-state index is 13.0. The largest absolute Gasteiger partial charge is 0.373 e. The molecule has 0 radical (unpaired) electrons. The predicted molar refractivity (Wildman–Crippen MR) is 110 cm³/mol. The van der Waals surface area contributed by atoms with Crippen LogP contribution in [-0.4, -0.2) is 30.0 Å². The molecule has 4 heteroatoms. The van der Waals surface area contributed by atoms with Crippen molar-refractivity contribution in [3.63, 3.8) is 0 Å². The van der Waals surface area contributed by atoms with Gasteiger partial charge < -0.3 is 9.64 Å². The van der Waals surface area contributed by atoms with Gasteiger partial charge in [-0.3, -0.25) is 4.79 Å². The average Bonchev–Trinajstić information content (AvgIpc) is 3.23. The molecular formula is C23H23NO2S. The molecule has 0 N–H and O–H groups in total. The summed E-state index contributed by atoms with van der Waals surface area (Å²) in [5.74, 6) is 0.144. The van der Waals surface area contributed by atoms with Gasteiger partial charge in [-0.25, -0.2) is 0 Å². The molecule has 1 aliphatic heterocycles. The number of piperidine rings is 1. The number of nitrogens with zero attached hydrogens (tertiary/aromatic N) is 1. The van der Waals surface area contributed by atoms with E-state index in [-0.39, 0.29) is 12.0 Å². The predicted octanol–water partition coefficient (Wildman–Crippen LogP) is 5.24. The highest BCUT2D eigenvalue weighted by molar-refractivity contribution is 7.12. The fourth-order valence-electron chi connectivity index (χ4n) is 3.48. The molecule has 3 nitrogen and oxygen atoms in total. The van der Waals surface area contributed by atoms with Crippen molar-refractivity contribution >= 4 is 17.2 Å². The van der Waals surface area contributed by atoms with E-state index in [1.807, 2.05) is 52.7 Å². The number of benzene rings is 2. The van der Waals surface area contributed by atoms with Gasteiger partial charge in [-0.1, -0.05) is 60.7 Å². The van der Waals surface area contributed by atoms with Gasteiger partial charge >= 0.3 is 0 Å². The average molecular weight is 378 g/mol. The van der Waals surface area contributed by atoms with Crippen LogP contribution in [0.3, 0.4) is 0 Å². The van der Waals surface area contributed by atoms with Gasteiger partial charge in [-0.05, 0) is 35.4 Å². The zero-order chi connectivity index (χ0) is 18.5. The highest BCUT2D eigenvalue weighted by Gasteiger charge is 2.26.